The molecule has 1 aromatic carbocycles. The van der Waals surface area contributed by atoms with Gasteiger partial charge in [0.1, 0.15) is 17.3 Å². The van der Waals surface area contributed by atoms with Crippen LogP contribution in [0.2, 0.25) is 0 Å². The molecule has 1 aromatic heterocycles. The number of anilines is 1. The predicted molar refractivity (Wildman–Crippen MR) is 76.7 cm³/mol. The van der Waals surface area contributed by atoms with Gasteiger partial charge in [-0.05, 0) is 19.4 Å². The third-order valence-electron chi connectivity index (χ3n) is 3.29. The van der Waals surface area contributed by atoms with Gasteiger partial charge < -0.3 is 10.3 Å². The van der Waals surface area contributed by atoms with Gasteiger partial charge in [0.25, 0.3) is 6.43 Å². The molecule has 20 heavy (non-hydrogen) atoms. The van der Waals surface area contributed by atoms with Gasteiger partial charge in [0.05, 0.1) is 0 Å². The summed E-state index contributed by atoms with van der Waals surface area (Å²) < 4.78 is 27.5. The fourth-order valence-corrected chi connectivity index (χ4v) is 2.32. The van der Waals surface area contributed by atoms with E-state index in [0.717, 1.165) is 25.2 Å². The second-order valence-corrected chi connectivity index (χ2v) is 4.68. The zero-order chi connectivity index (χ0) is 14.7. The quantitative estimate of drug-likeness (QED) is 0.897. The summed E-state index contributed by atoms with van der Waals surface area (Å²) in [5.41, 5.74) is 7.35. The Morgan fingerprint density at radius 3 is 2.65 bits per heavy atom. The zero-order valence-electron chi connectivity index (χ0n) is 11.7. The van der Waals surface area contributed by atoms with Crippen LogP contribution in [0.4, 0.5) is 14.6 Å². The summed E-state index contributed by atoms with van der Waals surface area (Å²) >= 11 is 0. The lowest BCUT2D eigenvalue weighted by atomic mass is 10.1. The van der Waals surface area contributed by atoms with Crippen molar-refractivity contribution < 1.29 is 8.78 Å². The third-order valence-corrected chi connectivity index (χ3v) is 3.29. The highest BCUT2D eigenvalue weighted by molar-refractivity contribution is 5.71. The maximum absolute atomic E-state index is 12.8. The first-order valence-electron chi connectivity index (χ1n) is 6.81. The van der Waals surface area contributed by atoms with Crippen LogP contribution in [0.15, 0.2) is 24.3 Å². The number of alkyl halides is 2. The molecular formula is C15H19F2N3. The molecule has 0 fully saturated rings. The van der Waals surface area contributed by atoms with Crippen LogP contribution >= 0.6 is 0 Å². The lowest BCUT2D eigenvalue weighted by Crippen LogP contribution is -2.05. The molecule has 0 aliphatic rings. The second-order valence-electron chi connectivity index (χ2n) is 4.68. The molecule has 2 rings (SSSR count). The van der Waals surface area contributed by atoms with E-state index >= 15 is 0 Å². The Balaban J connectivity index is 2.49. The summed E-state index contributed by atoms with van der Waals surface area (Å²) in [7, 11) is 0. The number of benzene rings is 1. The van der Waals surface area contributed by atoms with Crippen molar-refractivity contribution in [1.82, 2.24) is 9.55 Å². The van der Waals surface area contributed by atoms with Crippen molar-refractivity contribution in [2.45, 2.75) is 39.7 Å². The number of hydrogen-bond acceptors (Lipinski definition) is 2. The summed E-state index contributed by atoms with van der Waals surface area (Å²) in [6.45, 7) is 4.79. The highest BCUT2D eigenvalue weighted by Crippen LogP contribution is 2.30. The molecule has 0 saturated heterocycles. The van der Waals surface area contributed by atoms with Crippen LogP contribution in [0.1, 0.15) is 38.1 Å². The van der Waals surface area contributed by atoms with Crippen LogP contribution in [0, 0.1) is 0 Å². The van der Waals surface area contributed by atoms with E-state index in [1.165, 1.54) is 12.1 Å². The molecule has 0 atom stereocenters. The van der Waals surface area contributed by atoms with Crippen LogP contribution in [0.5, 0.6) is 0 Å². The molecule has 0 radical (unpaired) electrons. The molecule has 0 unspecified atom stereocenters. The summed E-state index contributed by atoms with van der Waals surface area (Å²) in [4.78, 5) is 4.53. The molecule has 0 bridgehead atoms. The van der Waals surface area contributed by atoms with E-state index in [4.69, 9.17) is 5.73 Å². The van der Waals surface area contributed by atoms with Crippen molar-refractivity contribution >= 4 is 5.82 Å². The van der Waals surface area contributed by atoms with E-state index in [-0.39, 0.29) is 5.56 Å². The predicted octanol–water partition coefficient (Wildman–Crippen LogP) is 4.04. The van der Waals surface area contributed by atoms with E-state index < -0.39 is 6.43 Å². The Morgan fingerprint density at radius 1 is 1.30 bits per heavy atom. The minimum absolute atomic E-state index is 0.00927. The first kappa shape index (κ1) is 14.5. The number of hydrogen-bond donors (Lipinski definition) is 1. The lowest BCUT2D eigenvalue weighted by Gasteiger charge is -2.06. The number of rotatable bonds is 5. The fraction of sp³-hybridized carbons (Fsp3) is 0.400. The van der Waals surface area contributed by atoms with Gasteiger partial charge in [0.2, 0.25) is 0 Å². The lowest BCUT2D eigenvalue weighted by molar-refractivity contribution is 0.151. The molecule has 0 amide bonds. The Kier molecular flexibility index (Phi) is 4.37. The zero-order valence-corrected chi connectivity index (χ0v) is 11.7. The maximum Gasteiger partial charge on any atom is 0.263 e. The molecule has 2 aromatic rings. The van der Waals surface area contributed by atoms with Crippen LogP contribution in [0.25, 0.3) is 11.3 Å². The number of aromatic nitrogens is 2. The molecule has 0 aliphatic carbocycles. The molecule has 0 spiro atoms. The normalized spacial score (nSPS) is 11.2. The van der Waals surface area contributed by atoms with Crippen LogP contribution in [0.3, 0.4) is 0 Å². The monoisotopic (exact) mass is 279 g/mol. The molecule has 1 heterocycles. The van der Waals surface area contributed by atoms with Crippen molar-refractivity contribution in [3.8, 4) is 11.3 Å². The van der Waals surface area contributed by atoms with Crippen molar-refractivity contribution in [2.75, 3.05) is 5.73 Å². The number of aryl methyl sites for hydroxylation is 1. The van der Waals surface area contributed by atoms with E-state index in [2.05, 4.69) is 11.9 Å². The topological polar surface area (TPSA) is 43.8 Å². The van der Waals surface area contributed by atoms with Crippen LogP contribution in [-0.4, -0.2) is 9.55 Å². The minimum Gasteiger partial charge on any atom is -0.383 e. The highest BCUT2D eigenvalue weighted by atomic mass is 19.3. The standard InChI is InChI=1S/C15H19F2N3/c1-3-6-12-19-13(15(18)20(12)4-2)10-7-5-8-11(9-10)14(16)17/h5,7-9,14H,3-4,6,18H2,1-2H3. The SMILES string of the molecule is CCCc1nc(-c2cccc(C(F)F)c2)c(N)n1CC. The van der Waals surface area contributed by atoms with Crippen molar-refractivity contribution in [1.29, 1.82) is 0 Å². The average molecular weight is 279 g/mol. The average Bonchev–Trinajstić information content (AvgIpc) is 2.75. The van der Waals surface area contributed by atoms with Gasteiger partial charge >= 0.3 is 0 Å². The number of nitrogen functional groups attached to an aromatic ring is 1. The van der Waals surface area contributed by atoms with Gasteiger partial charge in [0, 0.05) is 24.1 Å². The van der Waals surface area contributed by atoms with Gasteiger partial charge in [-0.3, -0.25) is 0 Å². The number of halogens is 2. The minimum atomic E-state index is -2.49. The number of imidazole rings is 1. The summed E-state index contributed by atoms with van der Waals surface area (Å²) in [6.07, 6.45) is -0.695. The number of nitrogens with zero attached hydrogens (tertiary/aromatic N) is 2. The largest absolute Gasteiger partial charge is 0.383 e. The van der Waals surface area contributed by atoms with E-state index in [1.807, 2.05) is 11.5 Å². The summed E-state index contributed by atoms with van der Waals surface area (Å²) in [6, 6.07) is 6.24. The van der Waals surface area contributed by atoms with Crippen LogP contribution < -0.4 is 5.73 Å². The summed E-state index contributed by atoms with van der Waals surface area (Å²) in [5, 5.41) is 0. The Bertz CT molecular complexity index is 591. The van der Waals surface area contributed by atoms with Gasteiger partial charge in [-0.1, -0.05) is 25.1 Å². The smallest absolute Gasteiger partial charge is 0.263 e. The number of nitrogens with two attached hydrogens (primary N) is 1. The van der Waals surface area contributed by atoms with Gasteiger partial charge in [-0.25, -0.2) is 13.8 Å². The van der Waals surface area contributed by atoms with Crippen molar-refractivity contribution in [2.24, 2.45) is 0 Å². The van der Waals surface area contributed by atoms with Gasteiger partial charge in [-0.2, -0.15) is 0 Å². The third kappa shape index (κ3) is 2.66. The Hall–Kier alpha value is -1.91. The first-order valence-corrected chi connectivity index (χ1v) is 6.81. The van der Waals surface area contributed by atoms with Crippen LogP contribution in [-0.2, 0) is 13.0 Å². The van der Waals surface area contributed by atoms with Gasteiger partial charge in [0.15, 0.2) is 0 Å². The molecule has 0 saturated carbocycles. The fourth-order valence-electron chi connectivity index (χ4n) is 2.32. The first-order chi connectivity index (χ1) is 9.58. The van der Waals surface area contributed by atoms with E-state index in [0.29, 0.717) is 17.1 Å². The van der Waals surface area contributed by atoms with E-state index in [1.54, 1.807) is 12.1 Å². The molecular weight excluding hydrogens is 260 g/mol. The highest BCUT2D eigenvalue weighted by Gasteiger charge is 2.16. The van der Waals surface area contributed by atoms with Gasteiger partial charge in [-0.15, -0.1) is 0 Å². The Labute approximate surface area is 117 Å². The van der Waals surface area contributed by atoms with Crippen molar-refractivity contribution in [3.63, 3.8) is 0 Å². The molecule has 0 aliphatic heterocycles. The maximum atomic E-state index is 12.8. The van der Waals surface area contributed by atoms with E-state index in [9.17, 15) is 8.78 Å². The molecule has 2 N–H and O–H groups in total. The summed E-state index contributed by atoms with van der Waals surface area (Å²) in [5.74, 6) is 1.45. The molecule has 3 nitrogen and oxygen atoms in total. The second kappa shape index (κ2) is 6.03. The Morgan fingerprint density at radius 2 is 2.05 bits per heavy atom. The molecule has 5 heteroatoms. The molecule has 108 valence electrons. The van der Waals surface area contributed by atoms with Crippen molar-refractivity contribution in [3.05, 3.63) is 35.7 Å².